The van der Waals surface area contributed by atoms with Crippen molar-refractivity contribution in [1.82, 2.24) is 15.1 Å². The lowest BCUT2D eigenvalue weighted by molar-refractivity contribution is 0.432. The summed E-state index contributed by atoms with van der Waals surface area (Å²) >= 11 is 0. The molecule has 0 radical (unpaired) electrons. The second-order valence-electron chi connectivity index (χ2n) is 8.39. The molecule has 1 aliphatic heterocycles. The predicted molar refractivity (Wildman–Crippen MR) is 128 cm³/mol. The third-order valence-electron chi connectivity index (χ3n) is 6.22. The number of aromatic nitrogens is 3. The van der Waals surface area contributed by atoms with Gasteiger partial charge in [-0.1, -0.05) is 41.1 Å². The van der Waals surface area contributed by atoms with Crippen molar-refractivity contribution >= 4 is 11.5 Å². The zero-order valence-electron chi connectivity index (χ0n) is 18.7. The largest absolute Gasteiger partial charge is 0.368 e. The van der Waals surface area contributed by atoms with Crippen LogP contribution in [-0.2, 0) is 0 Å². The van der Waals surface area contributed by atoms with Crippen LogP contribution in [0.4, 0.5) is 11.5 Å². The Morgan fingerprint density at radius 1 is 0.812 bits per heavy atom. The molecule has 0 bridgehead atoms. The van der Waals surface area contributed by atoms with E-state index in [1.807, 2.05) is 36.5 Å². The maximum atomic E-state index is 5.49. The SMILES string of the molecule is Cc1cccc(-c2noc(-c3ccc(N4CCN(c5cccc(C)c5C)CC4)nc3)n2)c1. The molecule has 5 rings (SSSR count). The zero-order chi connectivity index (χ0) is 22.1. The van der Waals surface area contributed by atoms with Gasteiger partial charge in [0.05, 0.1) is 5.56 Å². The molecule has 32 heavy (non-hydrogen) atoms. The molecule has 0 amide bonds. The van der Waals surface area contributed by atoms with E-state index < -0.39 is 0 Å². The fourth-order valence-corrected chi connectivity index (χ4v) is 4.20. The van der Waals surface area contributed by atoms with Crippen LogP contribution in [0.5, 0.6) is 0 Å². The van der Waals surface area contributed by atoms with E-state index in [9.17, 15) is 0 Å². The van der Waals surface area contributed by atoms with Gasteiger partial charge in [0.15, 0.2) is 0 Å². The molecule has 0 aliphatic carbocycles. The highest BCUT2D eigenvalue weighted by Gasteiger charge is 2.20. The Balaban J connectivity index is 1.26. The number of rotatable bonds is 4. The summed E-state index contributed by atoms with van der Waals surface area (Å²) in [6.07, 6.45) is 1.82. The smallest absolute Gasteiger partial charge is 0.259 e. The van der Waals surface area contributed by atoms with E-state index in [2.05, 4.69) is 70.0 Å². The number of anilines is 2. The highest BCUT2D eigenvalue weighted by atomic mass is 16.5. The van der Waals surface area contributed by atoms with Gasteiger partial charge in [-0.15, -0.1) is 0 Å². The summed E-state index contributed by atoms with van der Waals surface area (Å²) in [5.74, 6) is 2.06. The summed E-state index contributed by atoms with van der Waals surface area (Å²) < 4.78 is 5.49. The fourth-order valence-electron chi connectivity index (χ4n) is 4.20. The number of benzene rings is 2. The second kappa shape index (κ2) is 8.46. The molecule has 162 valence electrons. The maximum Gasteiger partial charge on any atom is 0.259 e. The van der Waals surface area contributed by atoms with E-state index in [1.54, 1.807) is 0 Å². The average molecular weight is 426 g/mol. The Bertz CT molecular complexity index is 1220. The fraction of sp³-hybridized carbons (Fsp3) is 0.269. The van der Waals surface area contributed by atoms with Crippen molar-refractivity contribution in [3.05, 3.63) is 77.5 Å². The van der Waals surface area contributed by atoms with E-state index in [4.69, 9.17) is 4.52 Å². The molecule has 1 saturated heterocycles. The van der Waals surface area contributed by atoms with Crippen LogP contribution in [0.15, 0.2) is 65.3 Å². The molecule has 2 aromatic heterocycles. The van der Waals surface area contributed by atoms with Gasteiger partial charge in [-0.25, -0.2) is 4.98 Å². The van der Waals surface area contributed by atoms with Crippen LogP contribution < -0.4 is 9.80 Å². The van der Waals surface area contributed by atoms with Crippen LogP contribution in [0, 0.1) is 20.8 Å². The molecule has 6 heteroatoms. The molecule has 0 atom stereocenters. The van der Waals surface area contributed by atoms with Crippen LogP contribution in [-0.4, -0.2) is 41.3 Å². The van der Waals surface area contributed by atoms with Crippen molar-refractivity contribution in [2.45, 2.75) is 20.8 Å². The zero-order valence-corrected chi connectivity index (χ0v) is 18.7. The first-order valence-electron chi connectivity index (χ1n) is 11.0. The quantitative estimate of drug-likeness (QED) is 0.456. The number of pyridine rings is 1. The van der Waals surface area contributed by atoms with E-state index >= 15 is 0 Å². The molecule has 4 aromatic rings. The molecule has 0 N–H and O–H groups in total. The van der Waals surface area contributed by atoms with Crippen molar-refractivity contribution in [1.29, 1.82) is 0 Å². The number of piperazine rings is 1. The van der Waals surface area contributed by atoms with E-state index in [0.717, 1.165) is 48.7 Å². The predicted octanol–water partition coefficient (Wildman–Crippen LogP) is 5.05. The highest BCUT2D eigenvalue weighted by Crippen LogP contribution is 2.26. The summed E-state index contributed by atoms with van der Waals surface area (Å²) in [4.78, 5) is 14.0. The van der Waals surface area contributed by atoms with E-state index in [0.29, 0.717) is 11.7 Å². The van der Waals surface area contributed by atoms with Crippen molar-refractivity contribution in [2.24, 2.45) is 0 Å². The molecular formula is C26H27N5O. The Hall–Kier alpha value is -3.67. The van der Waals surface area contributed by atoms with Crippen molar-refractivity contribution in [2.75, 3.05) is 36.0 Å². The minimum absolute atomic E-state index is 0.486. The first-order valence-corrected chi connectivity index (χ1v) is 11.0. The van der Waals surface area contributed by atoms with Gasteiger partial charge in [-0.3, -0.25) is 0 Å². The molecule has 0 unspecified atom stereocenters. The number of hydrogen-bond acceptors (Lipinski definition) is 6. The Labute approximate surface area is 188 Å². The first-order chi connectivity index (χ1) is 15.6. The molecule has 1 fully saturated rings. The maximum absolute atomic E-state index is 5.49. The topological polar surface area (TPSA) is 58.3 Å². The monoisotopic (exact) mass is 425 g/mol. The standard InChI is InChI=1S/C26H27N5O/c1-18-6-4-8-21(16-18)25-28-26(32-29-25)22-10-11-24(27-17-22)31-14-12-30(13-15-31)23-9-5-7-19(2)20(23)3/h4-11,16-17H,12-15H2,1-3H3. The summed E-state index contributed by atoms with van der Waals surface area (Å²) in [5, 5.41) is 4.14. The summed E-state index contributed by atoms with van der Waals surface area (Å²) in [7, 11) is 0. The summed E-state index contributed by atoms with van der Waals surface area (Å²) in [6.45, 7) is 10.3. The van der Waals surface area contributed by atoms with Crippen molar-refractivity contribution < 1.29 is 4.52 Å². The van der Waals surface area contributed by atoms with Gasteiger partial charge < -0.3 is 14.3 Å². The van der Waals surface area contributed by atoms with Gasteiger partial charge in [0.1, 0.15) is 5.82 Å². The van der Waals surface area contributed by atoms with Gasteiger partial charge in [0, 0.05) is 43.6 Å². The average Bonchev–Trinajstić information content (AvgIpc) is 3.32. The van der Waals surface area contributed by atoms with Crippen LogP contribution >= 0.6 is 0 Å². The van der Waals surface area contributed by atoms with Crippen LogP contribution in [0.2, 0.25) is 0 Å². The minimum atomic E-state index is 0.486. The second-order valence-corrected chi connectivity index (χ2v) is 8.39. The molecular weight excluding hydrogens is 398 g/mol. The van der Waals surface area contributed by atoms with E-state index in [-0.39, 0.29) is 0 Å². The van der Waals surface area contributed by atoms with Gasteiger partial charge >= 0.3 is 0 Å². The molecule has 1 aliphatic rings. The summed E-state index contributed by atoms with van der Waals surface area (Å²) in [5.41, 5.74) is 6.99. The van der Waals surface area contributed by atoms with Crippen molar-refractivity contribution in [3.63, 3.8) is 0 Å². The number of hydrogen-bond donors (Lipinski definition) is 0. The Morgan fingerprint density at radius 3 is 2.34 bits per heavy atom. The van der Waals surface area contributed by atoms with Crippen LogP contribution in [0.25, 0.3) is 22.8 Å². The Kier molecular flexibility index (Phi) is 5.35. The lowest BCUT2D eigenvalue weighted by Crippen LogP contribution is -2.47. The third kappa shape index (κ3) is 3.96. The Morgan fingerprint density at radius 2 is 1.59 bits per heavy atom. The van der Waals surface area contributed by atoms with Crippen LogP contribution in [0.3, 0.4) is 0 Å². The minimum Gasteiger partial charge on any atom is -0.368 e. The lowest BCUT2D eigenvalue weighted by atomic mass is 10.1. The molecule has 2 aromatic carbocycles. The van der Waals surface area contributed by atoms with Crippen molar-refractivity contribution in [3.8, 4) is 22.8 Å². The molecule has 0 saturated carbocycles. The van der Waals surface area contributed by atoms with E-state index in [1.165, 1.54) is 16.8 Å². The molecule has 6 nitrogen and oxygen atoms in total. The lowest BCUT2D eigenvalue weighted by Gasteiger charge is -2.37. The number of nitrogens with zero attached hydrogens (tertiary/aromatic N) is 5. The van der Waals surface area contributed by atoms with Gasteiger partial charge in [0.2, 0.25) is 5.82 Å². The normalized spacial score (nSPS) is 14.1. The molecule has 0 spiro atoms. The van der Waals surface area contributed by atoms with Gasteiger partial charge in [0.25, 0.3) is 5.89 Å². The van der Waals surface area contributed by atoms with Crippen LogP contribution in [0.1, 0.15) is 16.7 Å². The third-order valence-corrected chi connectivity index (χ3v) is 6.22. The van der Waals surface area contributed by atoms with Gasteiger partial charge in [-0.05, 0) is 56.2 Å². The first kappa shape index (κ1) is 20.2. The summed E-state index contributed by atoms with van der Waals surface area (Å²) in [6, 6.07) is 18.7. The highest BCUT2D eigenvalue weighted by molar-refractivity contribution is 5.61. The number of aryl methyl sites for hydroxylation is 2. The molecule has 3 heterocycles. The van der Waals surface area contributed by atoms with Gasteiger partial charge in [-0.2, -0.15) is 4.98 Å².